The van der Waals surface area contributed by atoms with Crippen molar-refractivity contribution < 1.29 is 4.79 Å². The molecule has 146 valence electrons. The Kier molecular flexibility index (Phi) is 6.14. The molecule has 0 aliphatic carbocycles. The van der Waals surface area contributed by atoms with Gasteiger partial charge in [0.25, 0.3) is 5.56 Å². The number of aromatic nitrogens is 1. The van der Waals surface area contributed by atoms with Crippen molar-refractivity contribution in [1.29, 1.82) is 0 Å². The smallest absolute Gasteiger partial charge is 0.317 e. The molecule has 1 N–H and O–H groups in total. The Balaban J connectivity index is 1.97. The van der Waals surface area contributed by atoms with Gasteiger partial charge in [0.15, 0.2) is 0 Å². The molecule has 0 spiro atoms. The Morgan fingerprint density at radius 2 is 1.61 bits per heavy atom. The van der Waals surface area contributed by atoms with Gasteiger partial charge in [-0.2, -0.15) is 0 Å². The van der Waals surface area contributed by atoms with Crippen LogP contribution in [-0.4, -0.2) is 34.6 Å². The van der Waals surface area contributed by atoms with E-state index in [0.29, 0.717) is 25.0 Å². The van der Waals surface area contributed by atoms with E-state index in [1.165, 1.54) is 0 Å². The van der Waals surface area contributed by atoms with Crippen LogP contribution in [0.5, 0.6) is 0 Å². The highest BCUT2D eigenvalue weighted by atomic mass is 16.2. The molecule has 0 radical (unpaired) electrons. The maximum Gasteiger partial charge on any atom is 0.317 e. The summed E-state index contributed by atoms with van der Waals surface area (Å²) in [4.78, 5) is 27.1. The number of benzene rings is 2. The minimum absolute atomic E-state index is 0.0424. The standard InChI is InChI=1S/C23H27N3O2/c1-4-25(5-2)23(28)24-17(3)15-26-16-21(18-11-7-6-8-12-18)19-13-9-10-14-20(19)22(26)27/h6-14,16-17H,4-5,15H2,1-3H3,(H,24,28). The molecule has 5 nitrogen and oxygen atoms in total. The van der Waals surface area contributed by atoms with Crippen molar-refractivity contribution in [3.8, 4) is 11.1 Å². The molecule has 5 heteroatoms. The molecule has 3 rings (SSSR count). The van der Waals surface area contributed by atoms with Gasteiger partial charge in [-0.3, -0.25) is 4.79 Å². The SMILES string of the molecule is CCN(CC)C(=O)NC(C)Cn1cc(-c2ccccc2)c2ccccc2c1=O. The van der Waals surface area contributed by atoms with Crippen molar-refractivity contribution in [2.75, 3.05) is 13.1 Å². The van der Waals surface area contributed by atoms with Crippen molar-refractivity contribution in [1.82, 2.24) is 14.8 Å². The van der Waals surface area contributed by atoms with Crippen molar-refractivity contribution in [3.63, 3.8) is 0 Å². The van der Waals surface area contributed by atoms with E-state index in [-0.39, 0.29) is 17.6 Å². The van der Waals surface area contributed by atoms with Crippen LogP contribution in [0, 0.1) is 0 Å². The molecule has 0 aliphatic rings. The van der Waals surface area contributed by atoms with E-state index >= 15 is 0 Å². The third-order valence-electron chi connectivity index (χ3n) is 4.97. The number of carbonyl (C=O) groups is 1. The predicted octanol–water partition coefficient (Wildman–Crippen LogP) is 4.11. The van der Waals surface area contributed by atoms with E-state index in [4.69, 9.17) is 0 Å². The summed E-state index contributed by atoms with van der Waals surface area (Å²) < 4.78 is 1.71. The predicted molar refractivity (Wildman–Crippen MR) is 115 cm³/mol. The molecule has 2 aromatic carbocycles. The largest absolute Gasteiger partial charge is 0.334 e. The third kappa shape index (κ3) is 4.09. The molecule has 0 saturated carbocycles. The number of carbonyl (C=O) groups excluding carboxylic acids is 1. The van der Waals surface area contributed by atoms with Gasteiger partial charge in [0.2, 0.25) is 0 Å². The van der Waals surface area contributed by atoms with Gasteiger partial charge in [-0.1, -0.05) is 48.5 Å². The van der Waals surface area contributed by atoms with Gasteiger partial charge in [-0.15, -0.1) is 0 Å². The first-order valence-corrected chi connectivity index (χ1v) is 9.78. The van der Waals surface area contributed by atoms with Gasteiger partial charge >= 0.3 is 6.03 Å². The summed E-state index contributed by atoms with van der Waals surface area (Å²) in [5, 5.41) is 4.62. The van der Waals surface area contributed by atoms with Crippen LogP contribution < -0.4 is 10.9 Å². The molecule has 0 aliphatic heterocycles. The van der Waals surface area contributed by atoms with Gasteiger partial charge in [-0.05, 0) is 37.8 Å². The lowest BCUT2D eigenvalue weighted by molar-refractivity contribution is 0.198. The number of nitrogens with one attached hydrogen (secondary N) is 1. The zero-order valence-corrected chi connectivity index (χ0v) is 16.7. The van der Waals surface area contributed by atoms with Crippen LogP contribution in [0.25, 0.3) is 21.9 Å². The average Bonchev–Trinajstić information content (AvgIpc) is 2.71. The molecule has 2 amide bonds. The summed E-state index contributed by atoms with van der Waals surface area (Å²) in [5.41, 5.74) is 2.03. The molecular formula is C23H27N3O2. The molecule has 28 heavy (non-hydrogen) atoms. The molecule has 3 aromatic rings. The highest BCUT2D eigenvalue weighted by Crippen LogP contribution is 2.26. The number of amides is 2. The number of nitrogens with zero attached hydrogens (tertiary/aromatic N) is 2. The molecule has 1 unspecified atom stereocenters. The summed E-state index contributed by atoms with van der Waals surface area (Å²) >= 11 is 0. The maximum absolute atomic E-state index is 13.0. The Morgan fingerprint density at radius 3 is 2.25 bits per heavy atom. The van der Waals surface area contributed by atoms with Crippen LogP contribution in [0.4, 0.5) is 4.79 Å². The number of hydrogen-bond acceptors (Lipinski definition) is 2. The summed E-state index contributed by atoms with van der Waals surface area (Å²) in [6, 6.07) is 17.5. The first-order valence-electron chi connectivity index (χ1n) is 9.78. The van der Waals surface area contributed by atoms with Crippen LogP contribution in [0.3, 0.4) is 0 Å². The Hall–Kier alpha value is -3.08. The van der Waals surface area contributed by atoms with E-state index in [2.05, 4.69) is 5.32 Å². The lowest BCUT2D eigenvalue weighted by Crippen LogP contribution is -2.45. The lowest BCUT2D eigenvalue weighted by atomic mass is 10.0. The fraction of sp³-hybridized carbons (Fsp3) is 0.304. The second kappa shape index (κ2) is 8.74. The van der Waals surface area contributed by atoms with Crippen molar-refractivity contribution >= 4 is 16.8 Å². The number of fused-ring (bicyclic) bond motifs is 1. The second-order valence-electron chi connectivity index (χ2n) is 6.93. The summed E-state index contributed by atoms with van der Waals surface area (Å²) in [6.45, 7) is 7.55. The molecule has 1 heterocycles. The Bertz CT molecular complexity index is 1010. The first kappa shape index (κ1) is 19.7. The molecule has 0 saturated heterocycles. The monoisotopic (exact) mass is 377 g/mol. The summed E-state index contributed by atoms with van der Waals surface area (Å²) in [7, 11) is 0. The number of pyridine rings is 1. The topological polar surface area (TPSA) is 54.3 Å². The fourth-order valence-electron chi connectivity index (χ4n) is 3.48. The maximum atomic E-state index is 13.0. The highest BCUT2D eigenvalue weighted by Gasteiger charge is 2.15. The van der Waals surface area contributed by atoms with E-state index in [0.717, 1.165) is 16.5 Å². The molecule has 0 bridgehead atoms. The second-order valence-corrected chi connectivity index (χ2v) is 6.93. The number of urea groups is 1. The van der Waals surface area contributed by atoms with Crippen LogP contribution in [0.2, 0.25) is 0 Å². The molecule has 1 atom stereocenters. The van der Waals surface area contributed by atoms with Crippen LogP contribution in [-0.2, 0) is 6.54 Å². The average molecular weight is 377 g/mol. The zero-order valence-electron chi connectivity index (χ0n) is 16.7. The van der Waals surface area contributed by atoms with Crippen LogP contribution in [0.15, 0.2) is 65.6 Å². The van der Waals surface area contributed by atoms with Gasteiger partial charge in [0.05, 0.1) is 0 Å². The van der Waals surface area contributed by atoms with Crippen LogP contribution in [0.1, 0.15) is 20.8 Å². The first-order chi connectivity index (χ1) is 13.5. The summed E-state index contributed by atoms with van der Waals surface area (Å²) in [6.07, 6.45) is 1.90. The van der Waals surface area contributed by atoms with E-state index in [1.807, 2.05) is 81.6 Å². The van der Waals surface area contributed by atoms with E-state index in [1.54, 1.807) is 9.47 Å². The minimum atomic E-state index is -0.171. The Labute approximate surface area is 165 Å². The minimum Gasteiger partial charge on any atom is -0.334 e. The molecule has 1 aromatic heterocycles. The Morgan fingerprint density at radius 1 is 1.00 bits per heavy atom. The van der Waals surface area contributed by atoms with Gasteiger partial charge in [0.1, 0.15) is 0 Å². The normalized spacial score (nSPS) is 12.0. The third-order valence-corrected chi connectivity index (χ3v) is 4.97. The number of rotatable bonds is 6. The van der Waals surface area contributed by atoms with Crippen molar-refractivity contribution in [3.05, 3.63) is 71.1 Å². The van der Waals surface area contributed by atoms with Crippen molar-refractivity contribution in [2.24, 2.45) is 0 Å². The molecular weight excluding hydrogens is 350 g/mol. The highest BCUT2D eigenvalue weighted by molar-refractivity contribution is 5.95. The van der Waals surface area contributed by atoms with E-state index in [9.17, 15) is 9.59 Å². The number of hydrogen-bond donors (Lipinski definition) is 1. The van der Waals surface area contributed by atoms with Gasteiger partial charge in [-0.25, -0.2) is 4.79 Å². The quantitative estimate of drug-likeness (QED) is 0.703. The van der Waals surface area contributed by atoms with Gasteiger partial charge < -0.3 is 14.8 Å². The van der Waals surface area contributed by atoms with Crippen molar-refractivity contribution in [2.45, 2.75) is 33.4 Å². The van der Waals surface area contributed by atoms with E-state index < -0.39 is 0 Å². The van der Waals surface area contributed by atoms with Crippen LogP contribution >= 0.6 is 0 Å². The lowest BCUT2D eigenvalue weighted by Gasteiger charge is -2.23. The molecule has 0 fully saturated rings. The summed E-state index contributed by atoms with van der Waals surface area (Å²) in [5.74, 6) is 0. The van der Waals surface area contributed by atoms with Gasteiger partial charge in [0, 0.05) is 42.8 Å². The fourth-order valence-corrected chi connectivity index (χ4v) is 3.48. The zero-order chi connectivity index (χ0) is 20.1.